The third kappa shape index (κ3) is 49.3. The molecule has 0 aromatic heterocycles. The van der Waals surface area contributed by atoms with Crippen LogP contribution in [-0.4, -0.2) is 37.2 Å². The summed E-state index contributed by atoms with van der Waals surface area (Å²) >= 11 is 0. The largest absolute Gasteiger partial charge is 0.462 e. The van der Waals surface area contributed by atoms with Crippen molar-refractivity contribution >= 4 is 17.9 Å². The molecule has 0 heterocycles. The summed E-state index contributed by atoms with van der Waals surface area (Å²) in [5, 5.41) is 0. The summed E-state index contributed by atoms with van der Waals surface area (Å²) in [5.41, 5.74) is 0. The molecule has 0 rings (SSSR count). The van der Waals surface area contributed by atoms with Gasteiger partial charge in [0.2, 0.25) is 0 Å². The number of unbranched alkanes of at least 4 members (excludes halogenated alkanes) is 37. The molecule has 0 aliphatic carbocycles. The molecule has 0 N–H and O–H groups in total. The van der Waals surface area contributed by atoms with E-state index < -0.39 is 6.10 Å². The third-order valence-electron chi connectivity index (χ3n) is 12.5. The lowest BCUT2D eigenvalue weighted by Crippen LogP contribution is -2.30. The smallest absolute Gasteiger partial charge is 0.306 e. The molecule has 6 nitrogen and oxygen atoms in total. The molecule has 0 bridgehead atoms. The molecule has 0 saturated carbocycles. The highest BCUT2D eigenvalue weighted by atomic mass is 16.6. The first-order chi connectivity index (χ1) is 29.9. The van der Waals surface area contributed by atoms with Crippen LogP contribution in [0.2, 0.25) is 0 Å². The lowest BCUT2D eigenvalue weighted by Gasteiger charge is -2.18. The lowest BCUT2D eigenvalue weighted by atomic mass is 10.0. The molecule has 6 heteroatoms. The van der Waals surface area contributed by atoms with Crippen LogP contribution in [0.3, 0.4) is 0 Å². The number of hydrogen-bond acceptors (Lipinski definition) is 6. The molecule has 0 aromatic rings. The van der Waals surface area contributed by atoms with Gasteiger partial charge < -0.3 is 14.2 Å². The van der Waals surface area contributed by atoms with Crippen LogP contribution >= 0.6 is 0 Å². The number of carbonyl (C=O) groups is 3. The Kier molecular flexibility index (Phi) is 48.1. The van der Waals surface area contributed by atoms with Gasteiger partial charge in [0, 0.05) is 19.3 Å². The van der Waals surface area contributed by atoms with Crippen LogP contribution in [0.25, 0.3) is 0 Å². The molecular formula is C55H106O6. The van der Waals surface area contributed by atoms with Crippen LogP contribution in [-0.2, 0) is 28.6 Å². The lowest BCUT2D eigenvalue weighted by molar-refractivity contribution is -0.167. The van der Waals surface area contributed by atoms with Gasteiger partial charge in [-0.2, -0.15) is 0 Å². The van der Waals surface area contributed by atoms with Crippen LogP contribution in [0, 0.1) is 5.92 Å². The maximum Gasteiger partial charge on any atom is 0.306 e. The van der Waals surface area contributed by atoms with E-state index in [9.17, 15) is 14.4 Å². The highest BCUT2D eigenvalue weighted by Gasteiger charge is 2.19. The van der Waals surface area contributed by atoms with Gasteiger partial charge in [-0.05, 0) is 25.2 Å². The van der Waals surface area contributed by atoms with E-state index in [1.807, 2.05) is 0 Å². The van der Waals surface area contributed by atoms with Crippen LogP contribution < -0.4 is 0 Å². The van der Waals surface area contributed by atoms with Crippen LogP contribution in [0.4, 0.5) is 0 Å². The van der Waals surface area contributed by atoms with E-state index in [-0.39, 0.29) is 31.1 Å². The molecule has 0 saturated heterocycles. The zero-order chi connectivity index (χ0) is 44.5. The number of rotatable bonds is 50. The molecule has 61 heavy (non-hydrogen) atoms. The van der Waals surface area contributed by atoms with Crippen LogP contribution in [0.1, 0.15) is 310 Å². The van der Waals surface area contributed by atoms with Crippen molar-refractivity contribution in [1.82, 2.24) is 0 Å². The van der Waals surface area contributed by atoms with Crippen molar-refractivity contribution in [2.24, 2.45) is 5.92 Å². The topological polar surface area (TPSA) is 78.9 Å². The van der Waals surface area contributed by atoms with Gasteiger partial charge >= 0.3 is 17.9 Å². The summed E-state index contributed by atoms with van der Waals surface area (Å²) in [6, 6.07) is 0. The summed E-state index contributed by atoms with van der Waals surface area (Å²) in [6.07, 6.45) is 52.3. The van der Waals surface area contributed by atoms with Gasteiger partial charge in [-0.25, -0.2) is 0 Å². The Balaban J connectivity index is 4.26. The molecule has 0 fully saturated rings. The highest BCUT2D eigenvalue weighted by Crippen LogP contribution is 2.17. The third-order valence-corrected chi connectivity index (χ3v) is 12.5. The minimum absolute atomic E-state index is 0.0622. The zero-order valence-electron chi connectivity index (χ0n) is 41.6. The van der Waals surface area contributed by atoms with Crippen molar-refractivity contribution in [2.45, 2.75) is 316 Å². The summed E-state index contributed by atoms with van der Waals surface area (Å²) in [4.78, 5) is 38.0. The molecule has 0 spiro atoms. The summed E-state index contributed by atoms with van der Waals surface area (Å²) < 4.78 is 16.8. The minimum atomic E-state index is -0.760. The Morgan fingerprint density at radius 2 is 0.541 bits per heavy atom. The summed E-state index contributed by atoms with van der Waals surface area (Å²) in [6.45, 7) is 9.05. The van der Waals surface area contributed by atoms with Crippen molar-refractivity contribution in [1.29, 1.82) is 0 Å². The highest BCUT2D eigenvalue weighted by molar-refractivity contribution is 5.71. The molecule has 0 aliphatic heterocycles. The fraction of sp³-hybridized carbons (Fsp3) is 0.945. The van der Waals surface area contributed by atoms with E-state index in [1.165, 1.54) is 205 Å². The molecule has 1 atom stereocenters. The van der Waals surface area contributed by atoms with Gasteiger partial charge in [0.25, 0.3) is 0 Å². The van der Waals surface area contributed by atoms with Crippen molar-refractivity contribution in [3.8, 4) is 0 Å². The molecule has 0 unspecified atom stereocenters. The summed E-state index contributed by atoms with van der Waals surface area (Å²) in [5.74, 6) is 0.0116. The van der Waals surface area contributed by atoms with E-state index in [0.29, 0.717) is 19.3 Å². The first-order valence-electron chi connectivity index (χ1n) is 27.4. The van der Waals surface area contributed by atoms with E-state index in [2.05, 4.69) is 27.7 Å². The number of carbonyl (C=O) groups excluding carboxylic acids is 3. The predicted molar refractivity (Wildman–Crippen MR) is 261 cm³/mol. The Morgan fingerprint density at radius 1 is 0.311 bits per heavy atom. The maximum atomic E-state index is 12.8. The van der Waals surface area contributed by atoms with Crippen molar-refractivity contribution in [2.75, 3.05) is 13.2 Å². The van der Waals surface area contributed by atoms with Gasteiger partial charge in [0.1, 0.15) is 13.2 Å². The fourth-order valence-corrected chi connectivity index (χ4v) is 8.39. The quantitative estimate of drug-likeness (QED) is 0.0344. The van der Waals surface area contributed by atoms with Crippen molar-refractivity contribution in [3.63, 3.8) is 0 Å². The molecule has 0 aromatic carbocycles. The average molecular weight is 863 g/mol. The zero-order valence-corrected chi connectivity index (χ0v) is 41.6. The standard InChI is InChI=1S/C55H106O6/c1-5-7-9-11-13-15-17-22-27-31-35-39-43-47-54(57)60-50-52(49-59-53(56)46-42-38-34-30-25-16-14-12-10-8-6-2)61-55(58)48-44-40-36-32-28-24-21-19-18-20-23-26-29-33-37-41-45-51(3)4/h51-52H,5-50H2,1-4H3/t52-/m0/s1. The molecule has 0 radical (unpaired) electrons. The Hall–Kier alpha value is -1.59. The fourth-order valence-electron chi connectivity index (χ4n) is 8.39. The molecule has 362 valence electrons. The average Bonchev–Trinajstić information content (AvgIpc) is 3.24. The van der Waals surface area contributed by atoms with Crippen LogP contribution in [0.5, 0.6) is 0 Å². The van der Waals surface area contributed by atoms with Gasteiger partial charge in [-0.1, -0.05) is 272 Å². The maximum absolute atomic E-state index is 12.8. The second-order valence-corrected chi connectivity index (χ2v) is 19.3. The molecule has 0 amide bonds. The van der Waals surface area contributed by atoms with Gasteiger partial charge in [0.15, 0.2) is 6.10 Å². The monoisotopic (exact) mass is 863 g/mol. The normalized spacial score (nSPS) is 12.0. The summed E-state index contributed by atoms with van der Waals surface area (Å²) in [7, 11) is 0. The van der Waals surface area contributed by atoms with Crippen LogP contribution in [0.15, 0.2) is 0 Å². The predicted octanol–water partition coefficient (Wildman–Crippen LogP) is 17.8. The van der Waals surface area contributed by atoms with Gasteiger partial charge in [-0.3, -0.25) is 14.4 Å². The molecular weight excluding hydrogens is 757 g/mol. The first kappa shape index (κ1) is 59.4. The number of esters is 3. The van der Waals surface area contributed by atoms with Crippen molar-refractivity contribution < 1.29 is 28.6 Å². The van der Waals surface area contributed by atoms with E-state index in [1.54, 1.807) is 0 Å². The van der Waals surface area contributed by atoms with Crippen molar-refractivity contribution in [3.05, 3.63) is 0 Å². The number of ether oxygens (including phenoxy) is 3. The second-order valence-electron chi connectivity index (χ2n) is 19.3. The van der Waals surface area contributed by atoms with E-state index in [0.717, 1.165) is 63.7 Å². The van der Waals surface area contributed by atoms with Gasteiger partial charge in [-0.15, -0.1) is 0 Å². The second kappa shape index (κ2) is 49.4. The molecule has 0 aliphatic rings. The Labute approximate surface area is 380 Å². The Bertz CT molecular complexity index is 918. The Morgan fingerprint density at radius 3 is 0.803 bits per heavy atom. The minimum Gasteiger partial charge on any atom is -0.462 e. The van der Waals surface area contributed by atoms with E-state index in [4.69, 9.17) is 14.2 Å². The van der Waals surface area contributed by atoms with Gasteiger partial charge in [0.05, 0.1) is 0 Å². The first-order valence-corrected chi connectivity index (χ1v) is 27.4. The number of hydrogen-bond donors (Lipinski definition) is 0. The SMILES string of the molecule is CCCCCCCCCCCCCCCC(=O)OC[C@H](COC(=O)CCCCCCCCCCCCC)OC(=O)CCCCCCCCCCCCCCCCCCC(C)C. The van der Waals surface area contributed by atoms with E-state index >= 15 is 0 Å².